The maximum absolute atomic E-state index is 10.7. The summed E-state index contributed by atoms with van der Waals surface area (Å²) in [7, 11) is 0. The molecule has 0 bridgehead atoms. The fourth-order valence-corrected chi connectivity index (χ4v) is 0.730. The van der Waals surface area contributed by atoms with E-state index in [1.807, 2.05) is 5.32 Å². The first-order chi connectivity index (χ1) is 5.11. The lowest BCUT2D eigenvalue weighted by Gasteiger charge is -2.17. The average molecular weight is 158 g/mol. The van der Waals surface area contributed by atoms with Crippen LogP contribution in [0.3, 0.4) is 0 Å². The molecule has 1 heterocycles. The van der Waals surface area contributed by atoms with E-state index < -0.39 is 23.8 Å². The highest BCUT2D eigenvalue weighted by Crippen LogP contribution is 1.98. The molecule has 6 heteroatoms. The first-order valence-corrected chi connectivity index (χ1v) is 2.93. The predicted octanol–water partition coefficient (Wildman–Crippen LogP) is -1.47. The number of carbonyl (C=O) groups excluding carboxylic acids is 2. The van der Waals surface area contributed by atoms with Crippen LogP contribution in [0.15, 0.2) is 0 Å². The Morgan fingerprint density at radius 3 is 2.64 bits per heavy atom. The highest BCUT2D eigenvalue weighted by atomic mass is 16.4. The van der Waals surface area contributed by atoms with Gasteiger partial charge in [-0.2, -0.15) is 0 Å². The van der Waals surface area contributed by atoms with E-state index in [4.69, 9.17) is 5.11 Å². The number of imide groups is 1. The highest BCUT2D eigenvalue weighted by Gasteiger charge is 2.31. The second kappa shape index (κ2) is 2.57. The van der Waals surface area contributed by atoms with Crippen LogP contribution in [0, 0.1) is 5.92 Å². The lowest BCUT2D eigenvalue weighted by atomic mass is 10.1. The molecule has 3 amide bonds. The molecule has 0 aromatic heterocycles. The first kappa shape index (κ1) is 7.52. The van der Waals surface area contributed by atoms with Crippen molar-refractivity contribution in [2.75, 3.05) is 6.54 Å². The summed E-state index contributed by atoms with van der Waals surface area (Å²) in [4.78, 5) is 31.4. The number of rotatable bonds is 1. The SMILES string of the molecule is O=C1NCC(C(=O)O)C(=O)N1. The molecule has 0 radical (unpaired) electrons. The van der Waals surface area contributed by atoms with E-state index in [2.05, 4.69) is 5.32 Å². The second-order valence-electron chi connectivity index (χ2n) is 2.09. The summed E-state index contributed by atoms with van der Waals surface area (Å²) >= 11 is 0. The average Bonchev–Trinajstić information content (AvgIpc) is 1.85. The van der Waals surface area contributed by atoms with Crippen molar-refractivity contribution in [3.05, 3.63) is 0 Å². The van der Waals surface area contributed by atoms with Gasteiger partial charge in [0.15, 0.2) is 5.92 Å². The smallest absolute Gasteiger partial charge is 0.321 e. The lowest BCUT2D eigenvalue weighted by Crippen LogP contribution is -2.54. The summed E-state index contributed by atoms with van der Waals surface area (Å²) in [6.07, 6.45) is 0. The number of amides is 3. The van der Waals surface area contributed by atoms with E-state index in [1.165, 1.54) is 0 Å². The van der Waals surface area contributed by atoms with Crippen molar-refractivity contribution in [1.82, 2.24) is 10.6 Å². The molecule has 1 rings (SSSR count). The number of aliphatic carboxylic acids is 1. The maximum atomic E-state index is 10.7. The molecule has 6 nitrogen and oxygen atoms in total. The second-order valence-corrected chi connectivity index (χ2v) is 2.09. The number of urea groups is 1. The molecule has 1 saturated heterocycles. The zero-order valence-corrected chi connectivity index (χ0v) is 5.46. The molecule has 3 N–H and O–H groups in total. The van der Waals surface area contributed by atoms with Gasteiger partial charge < -0.3 is 10.4 Å². The van der Waals surface area contributed by atoms with Gasteiger partial charge in [0, 0.05) is 6.54 Å². The molecule has 1 fully saturated rings. The predicted molar refractivity (Wildman–Crippen MR) is 32.7 cm³/mol. The van der Waals surface area contributed by atoms with Gasteiger partial charge in [0.25, 0.3) is 0 Å². The van der Waals surface area contributed by atoms with E-state index in [0.29, 0.717) is 0 Å². The number of hydrogen-bond donors (Lipinski definition) is 3. The zero-order valence-electron chi connectivity index (χ0n) is 5.46. The molecule has 1 aliphatic heterocycles. The summed E-state index contributed by atoms with van der Waals surface area (Å²) in [5, 5.41) is 12.4. The van der Waals surface area contributed by atoms with Crippen molar-refractivity contribution < 1.29 is 19.5 Å². The normalized spacial score (nSPS) is 23.8. The van der Waals surface area contributed by atoms with Crippen molar-refractivity contribution in [2.45, 2.75) is 0 Å². The van der Waals surface area contributed by atoms with Crippen LogP contribution in [-0.4, -0.2) is 29.6 Å². The fourth-order valence-electron chi connectivity index (χ4n) is 0.730. The quantitative estimate of drug-likeness (QED) is 0.406. The van der Waals surface area contributed by atoms with Gasteiger partial charge in [-0.05, 0) is 0 Å². The van der Waals surface area contributed by atoms with E-state index in [0.717, 1.165) is 0 Å². The molecule has 0 aromatic rings. The molecule has 1 aliphatic rings. The molecule has 0 saturated carbocycles. The van der Waals surface area contributed by atoms with Crippen molar-refractivity contribution >= 4 is 17.9 Å². The van der Waals surface area contributed by atoms with Gasteiger partial charge in [-0.3, -0.25) is 14.9 Å². The molecular weight excluding hydrogens is 152 g/mol. The minimum absolute atomic E-state index is 0.139. The first-order valence-electron chi connectivity index (χ1n) is 2.93. The van der Waals surface area contributed by atoms with Crippen molar-refractivity contribution in [1.29, 1.82) is 0 Å². The Kier molecular flexibility index (Phi) is 1.75. The van der Waals surface area contributed by atoms with Crippen molar-refractivity contribution in [3.63, 3.8) is 0 Å². The van der Waals surface area contributed by atoms with Crippen LogP contribution in [0.25, 0.3) is 0 Å². The van der Waals surface area contributed by atoms with Crippen LogP contribution in [0.4, 0.5) is 4.79 Å². The van der Waals surface area contributed by atoms with E-state index in [1.54, 1.807) is 0 Å². The Hall–Kier alpha value is -1.59. The Morgan fingerprint density at radius 1 is 1.55 bits per heavy atom. The monoisotopic (exact) mass is 158 g/mol. The number of carboxylic acids is 1. The van der Waals surface area contributed by atoms with Crippen LogP contribution >= 0.6 is 0 Å². The van der Waals surface area contributed by atoms with E-state index >= 15 is 0 Å². The highest BCUT2D eigenvalue weighted by molar-refractivity contribution is 6.06. The van der Waals surface area contributed by atoms with Gasteiger partial charge in [0.05, 0.1) is 0 Å². The third-order valence-electron chi connectivity index (χ3n) is 1.32. The van der Waals surface area contributed by atoms with E-state index in [-0.39, 0.29) is 6.54 Å². The largest absolute Gasteiger partial charge is 0.481 e. The number of hydrogen-bond acceptors (Lipinski definition) is 3. The zero-order chi connectivity index (χ0) is 8.43. The molecule has 0 aliphatic carbocycles. The van der Waals surface area contributed by atoms with Gasteiger partial charge >= 0.3 is 12.0 Å². The molecule has 60 valence electrons. The summed E-state index contributed by atoms with van der Waals surface area (Å²) in [6.45, 7) is -0.139. The van der Waals surface area contributed by atoms with Crippen molar-refractivity contribution in [2.24, 2.45) is 5.92 Å². The van der Waals surface area contributed by atoms with Crippen LogP contribution in [0.5, 0.6) is 0 Å². The summed E-state index contributed by atoms with van der Waals surface area (Å²) in [6, 6.07) is -0.646. The van der Waals surface area contributed by atoms with Crippen molar-refractivity contribution in [3.8, 4) is 0 Å². The lowest BCUT2D eigenvalue weighted by molar-refractivity contribution is -0.146. The van der Waals surface area contributed by atoms with Gasteiger partial charge in [-0.25, -0.2) is 4.79 Å². The standard InChI is InChI=1S/C5H6N2O4/c8-3-2(4(9)10)1-6-5(11)7-3/h2H,1H2,(H,9,10)(H2,6,7,8,11). The van der Waals surface area contributed by atoms with Gasteiger partial charge in [-0.15, -0.1) is 0 Å². The molecule has 0 aromatic carbocycles. The number of carbonyl (C=O) groups is 3. The fraction of sp³-hybridized carbons (Fsp3) is 0.400. The van der Waals surface area contributed by atoms with Crippen LogP contribution in [0.2, 0.25) is 0 Å². The van der Waals surface area contributed by atoms with Gasteiger partial charge in [0.1, 0.15) is 0 Å². The summed E-state index contributed by atoms with van der Waals surface area (Å²) in [5.74, 6) is -3.16. The Morgan fingerprint density at radius 2 is 2.18 bits per heavy atom. The third kappa shape index (κ3) is 1.46. The molecule has 0 spiro atoms. The molecular formula is C5H6N2O4. The third-order valence-corrected chi connectivity index (χ3v) is 1.32. The van der Waals surface area contributed by atoms with Crippen LogP contribution < -0.4 is 10.6 Å². The van der Waals surface area contributed by atoms with Crippen LogP contribution in [-0.2, 0) is 9.59 Å². The minimum atomic E-state index is -1.23. The molecule has 1 atom stereocenters. The van der Waals surface area contributed by atoms with Crippen LogP contribution in [0.1, 0.15) is 0 Å². The maximum Gasteiger partial charge on any atom is 0.321 e. The van der Waals surface area contributed by atoms with Gasteiger partial charge in [0.2, 0.25) is 5.91 Å². The Bertz CT molecular complexity index is 225. The minimum Gasteiger partial charge on any atom is -0.481 e. The van der Waals surface area contributed by atoms with E-state index in [9.17, 15) is 14.4 Å². The Labute approximate surface area is 61.6 Å². The Balaban J connectivity index is 2.65. The number of carboxylic acid groups (broad SMARTS) is 1. The summed E-state index contributed by atoms with van der Waals surface area (Å²) in [5.41, 5.74) is 0. The summed E-state index contributed by atoms with van der Waals surface area (Å²) < 4.78 is 0. The molecule has 11 heavy (non-hydrogen) atoms. The topological polar surface area (TPSA) is 95.5 Å². The molecule has 1 unspecified atom stereocenters. The van der Waals surface area contributed by atoms with Gasteiger partial charge in [-0.1, -0.05) is 0 Å². The number of nitrogens with one attached hydrogen (secondary N) is 2.